The zero-order valence-corrected chi connectivity index (χ0v) is 15.3. The van der Waals surface area contributed by atoms with Crippen molar-refractivity contribution in [3.63, 3.8) is 0 Å². The van der Waals surface area contributed by atoms with Crippen LogP contribution in [0.5, 0.6) is 5.75 Å². The van der Waals surface area contributed by atoms with Crippen LogP contribution in [0.15, 0.2) is 24.3 Å². The van der Waals surface area contributed by atoms with Gasteiger partial charge in [-0.2, -0.15) is 13.2 Å². The largest absolute Gasteiger partial charge is 0.482 e. The van der Waals surface area contributed by atoms with Crippen LogP contribution in [0.1, 0.15) is 20.3 Å². The summed E-state index contributed by atoms with van der Waals surface area (Å²) in [6, 6.07) is 5.87. The number of rotatable bonds is 5. The number of nitrogens with one attached hydrogen (secondary N) is 1. The van der Waals surface area contributed by atoms with Crippen LogP contribution in [0, 0.1) is 5.92 Å². The van der Waals surface area contributed by atoms with Crippen LogP contribution in [0.4, 0.5) is 23.7 Å². The standard InChI is InChI=1S/C18H26F3N3O2/c1-4-24-10-9-15(13(2)11-24)23(3)17(25)22-14-7-5-6-8-16(14)26-12-18(19,20)21/h5-8,13,15H,4,9-12H2,1-3H3,(H,22,25)/t13-,15-/m1/s1. The second-order valence-electron chi connectivity index (χ2n) is 6.67. The molecule has 1 heterocycles. The van der Waals surface area contributed by atoms with Crippen molar-refractivity contribution in [3.05, 3.63) is 24.3 Å². The van der Waals surface area contributed by atoms with Crippen molar-refractivity contribution in [2.45, 2.75) is 32.5 Å². The number of halogens is 3. The van der Waals surface area contributed by atoms with E-state index in [-0.39, 0.29) is 23.5 Å². The van der Waals surface area contributed by atoms with Crippen molar-refractivity contribution in [2.24, 2.45) is 5.92 Å². The molecule has 1 aromatic carbocycles. The number of ether oxygens (including phenoxy) is 1. The highest BCUT2D eigenvalue weighted by Gasteiger charge is 2.31. The van der Waals surface area contributed by atoms with Crippen molar-refractivity contribution in [2.75, 3.05) is 38.6 Å². The number of likely N-dealkylation sites (tertiary alicyclic amines) is 1. The first-order valence-corrected chi connectivity index (χ1v) is 8.76. The van der Waals surface area contributed by atoms with E-state index in [0.717, 1.165) is 26.1 Å². The van der Waals surface area contributed by atoms with E-state index in [1.807, 2.05) is 0 Å². The summed E-state index contributed by atoms with van der Waals surface area (Å²) in [7, 11) is 1.72. The molecular weight excluding hydrogens is 347 g/mol. The molecule has 0 aliphatic carbocycles. The monoisotopic (exact) mass is 373 g/mol. The second-order valence-corrected chi connectivity index (χ2v) is 6.67. The van der Waals surface area contributed by atoms with Crippen LogP contribution in [0.3, 0.4) is 0 Å². The third kappa shape index (κ3) is 5.52. The molecule has 1 aliphatic rings. The number of hydrogen-bond donors (Lipinski definition) is 1. The van der Waals surface area contributed by atoms with Gasteiger partial charge in [-0.05, 0) is 31.0 Å². The Morgan fingerprint density at radius 3 is 2.69 bits per heavy atom. The van der Waals surface area contributed by atoms with Gasteiger partial charge in [0.25, 0.3) is 0 Å². The molecule has 1 N–H and O–H groups in total. The molecule has 0 unspecified atom stereocenters. The molecule has 2 atom stereocenters. The minimum Gasteiger partial charge on any atom is -0.482 e. The molecule has 0 saturated carbocycles. The molecule has 8 heteroatoms. The molecule has 5 nitrogen and oxygen atoms in total. The summed E-state index contributed by atoms with van der Waals surface area (Å²) in [6.07, 6.45) is -3.57. The summed E-state index contributed by atoms with van der Waals surface area (Å²) >= 11 is 0. The third-order valence-corrected chi connectivity index (χ3v) is 4.73. The number of nitrogens with zero attached hydrogens (tertiary/aromatic N) is 2. The summed E-state index contributed by atoms with van der Waals surface area (Å²) in [6.45, 7) is 5.65. The Kier molecular flexibility index (Phi) is 6.75. The van der Waals surface area contributed by atoms with Gasteiger partial charge in [-0.25, -0.2) is 4.79 Å². The van der Waals surface area contributed by atoms with Crippen LogP contribution in [0.2, 0.25) is 0 Å². The van der Waals surface area contributed by atoms with Crippen LogP contribution in [-0.4, -0.2) is 61.3 Å². The first-order valence-electron chi connectivity index (χ1n) is 8.76. The van der Waals surface area contributed by atoms with E-state index < -0.39 is 12.8 Å². The number of alkyl halides is 3. The van der Waals surface area contributed by atoms with E-state index in [4.69, 9.17) is 4.74 Å². The highest BCUT2D eigenvalue weighted by molar-refractivity contribution is 5.91. The number of hydrogen-bond acceptors (Lipinski definition) is 3. The van der Waals surface area contributed by atoms with E-state index in [1.165, 1.54) is 12.1 Å². The van der Waals surface area contributed by atoms with E-state index in [1.54, 1.807) is 24.1 Å². The number of anilines is 1. The van der Waals surface area contributed by atoms with Gasteiger partial charge in [0, 0.05) is 26.2 Å². The maximum absolute atomic E-state index is 12.6. The quantitative estimate of drug-likeness (QED) is 0.853. The zero-order chi connectivity index (χ0) is 19.3. The summed E-state index contributed by atoms with van der Waals surface area (Å²) < 4.78 is 42.0. The van der Waals surface area contributed by atoms with Crippen molar-refractivity contribution in [1.29, 1.82) is 0 Å². The first-order chi connectivity index (χ1) is 12.2. The average molecular weight is 373 g/mol. The van der Waals surface area contributed by atoms with E-state index >= 15 is 0 Å². The second kappa shape index (κ2) is 8.62. The molecule has 1 aliphatic heterocycles. The van der Waals surface area contributed by atoms with Crippen LogP contribution >= 0.6 is 0 Å². The minimum atomic E-state index is -4.43. The number of benzene rings is 1. The molecule has 26 heavy (non-hydrogen) atoms. The average Bonchev–Trinajstić information content (AvgIpc) is 2.59. The van der Waals surface area contributed by atoms with Crippen molar-refractivity contribution >= 4 is 11.7 Å². The fraction of sp³-hybridized carbons (Fsp3) is 0.611. The Balaban J connectivity index is 2.01. The van der Waals surface area contributed by atoms with Crippen LogP contribution in [-0.2, 0) is 0 Å². The fourth-order valence-corrected chi connectivity index (χ4v) is 3.29. The zero-order valence-electron chi connectivity index (χ0n) is 15.3. The first kappa shape index (κ1) is 20.4. The summed E-state index contributed by atoms with van der Waals surface area (Å²) in [5, 5.41) is 2.67. The van der Waals surface area contributed by atoms with Gasteiger partial charge in [0.05, 0.1) is 5.69 Å². The lowest BCUT2D eigenvalue weighted by Gasteiger charge is -2.40. The van der Waals surface area contributed by atoms with Gasteiger partial charge in [-0.1, -0.05) is 26.0 Å². The van der Waals surface area contributed by atoms with Crippen LogP contribution < -0.4 is 10.1 Å². The maximum atomic E-state index is 12.6. The lowest BCUT2D eigenvalue weighted by molar-refractivity contribution is -0.153. The smallest absolute Gasteiger partial charge is 0.422 e. The maximum Gasteiger partial charge on any atom is 0.422 e. The predicted molar refractivity (Wildman–Crippen MR) is 94.5 cm³/mol. The third-order valence-electron chi connectivity index (χ3n) is 4.73. The molecule has 0 bridgehead atoms. The number of para-hydroxylation sites is 2. The number of amides is 2. The molecular formula is C18H26F3N3O2. The number of urea groups is 1. The van der Waals surface area contributed by atoms with Gasteiger partial charge in [-0.15, -0.1) is 0 Å². The molecule has 1 fully saturated rings. The number of piperidine rings is 1. The van der Waals surface area contributed by atoms with Gasteiger partial charge >= 0.3 is 12.2 Å². The van der Waals surface area contributed by atoms with Gasteiger partial charge in [0.2, 0.25) is 0 Å². The molecule has 0 radical (unpaired) electrons. The normalized spacial score (nSPS) is 21.3. The molecule has 0 spiro atoms. The molecule has 1 aromatic rings. The lowest BCUT2D eigenvalue weighted by Crippen LogP contribution is -2.51. The predicted octanol–water partition coefficient (Wildman–Crippen LogP) is 3.82. The summed E-state index contributed by atoms with van der Waals surface area (Å²) in [4.78, 5) is 16.6. The van der Waals surface area contributed by atoms with Crippen molar-refractivity contribution in [3.8, 4) is 5.75 Å². The summed E-state index contributed by atoms with van der Waals surface area (Å²) in [5.41, 5.74) is 0.229. The van der Waals surface area contributed by atoms with Gasteiger partial charge in [0.1, 0.15) is 5.75 Å². The van der Waals surface area contributed by atoms with E-state index in [0.29, 0.717) is 5.92 Å². The van der Waals surface area contributed by atoms with E-state index in [9.17, 15) is 18.0 Å². The number of carbonyl (C=O) groups is 1. The molecule has 146 valence electrons. The SMILES string of the molecule is CCN1CC[C@@H](N(C)C(=O)Nc2ccccc2OCC(F)(F)F)[C@H](C)C1. The Bertz CT molecular complexity index is 610. The molecule has 2 rings (SSSR count). The Hall–Kier alpha value is -1.96. The van der Waals surface area contributed by atoms with Gasteiger partial charge < -0.3 is 19.9 Å². The minimum absolute atomic E-state index is 0.000394. The van der Waals surface area contributed by atoms with E-state index in [2.05, 4.69) is 24.1 Å². The summed E-state index contributed by atoms with van der Waals surface area (Å²) in [5.74, 6) is 0.316. The van der Waals surface area contributed by atoms with Gasteiger partial charge in [-0.3, -0.25) is 0 Å². The molecule has 0 aromatic heterocycles. The highest BCUT2D eigenvalue weighted by atomic mass is 19.4. The van der Waals surface area contributed by atoms with Crippen molar-refractivity contribution < 1.29 is 22.7 Å². The molecule has 2 amide bonds. The molecule has 1 saturated heterocycles. The highest BCUT2D eigenvalue weighted by Crippen LogP contribution is 2.27. The number of carbonyl (C=O) groups excluding carboxylic acids is 1. The Morgan fingerprint density at radius 2 is 2.08 bits per heavy atom. The topological polar surface area (TPSA) is 44.8 Å². The Morgan fingerprint density at radius 1 is 1.38 bits per heavy atom. The fourth-order valence-electron chi connectivity index (χ4n) is 3.29. The van der Waals surface area contributed by atoms with Gasteiger partial charge in [0.15, 0.2) is 6.61 Å². The van der Waals surface area contributed by atoms with Crippen LogP contribution in [0.25, 0.3) is 0 Å². The lowest BCUT2D eigenvalue weighted by atomic mass is 9.93. The Labute approximate surface area is 152 Å². The van der Waals surface area contributed by atoms with Crippen molar-refractivity contribution in [1.82, 2.24) is 9.80 Å².